The number of benzene rings is 1. The van der Waals surface area contributed by atoms with Crippen LogP contribution in [-0.4, -0.2) is 9.97 Å². The molecule has 3 rings (SSSR count). The van der Waals surface area contributed by atoms with Crippen LogP contribution in [0.15, 0.2) is 29.3 Å². The summed E-state index contributed by atoms with van der Waals surface area (Å²) < 4.78 is 0. The molecule has 0 aliphatic heterocycles. The second-order valence-electron chi connectivity index (χ2n) is 4.96. The lowest BCUT2D eigenvalue weighted by Crippen LogP contribution is -1.98. The summed E-state index contributed by atoms with van der Waals surface area (Å²) in [6, 6.07) is 7.88. The zero-order valence-corrected chi connectivity index (χ0v) is 13.4. The average molecular weight is 325 g/mol. The molecule has 0 saturated heterocycles. The molecule has 0 radical (unpaired) electrons. The first kappa shape index (κ1) is 14.2. The van der Waals surface area contributed by atoms with Gasteiger partial charge in [0.15, 0.2) is 0 Å². The van der Waals surface area contributed by atoms with E-state index in [9.17, 15) is 0 Å². The predicted molar refractivity (Wildman–Crippen MR) is 84.8 cm³/mol. The highest BCUT2D eigenvalue weighted by Gasteiger charge is 2.28. The first-order valence-electron chi connectivity index (χ1n) is 6.55. The Hall–Kier alpha value is -0.770. The van der Waals surface area contributed by atoms with Gasteiger partial charge in [0, 0.05) is 22.3 Å². The van der Waals surface area contributed by atoms with Crippen molar-refractivity contribution in [1.82, 2.24) is 9.97 Å². The van der Waals surface area contributed by atoms with Crippen molar-refractivity contribution in [3.63, 3.8) is 0 Å². The van der Waals surface area contributed by atoms with E-state index in [-0.39, 0.29) is 0 Å². The second-order valence-corrected chi connectivity index (χ2v) is 6.69. The molecule has 0 amide bonds. The highest BCUT2D eigenvalue weighted by Crippen LogP contribution is 2.40. The molecule has 1 aliphatic carbocycles. The summed E-state index contributed by atoms with van der Waals surface area (Å²) in [6.45, 7) is 1.97. The molecule has 5 heteroatoms. The Bertz CT molecular complexity index is 642. The molecule has 0 N–H and O–H groups in total. The lowest BCUT2D eigenvalue weighted by molar-refractivity contribution is 0.862. The molecule has 20 heavy (non-hydrogen) atoms. The molecule has 104 valence electrons. The number of rotatable bonds is 4. The molecule has 0 bridgehead atoms. The fourth-order valence-electron chi connectivity index (χ4n) is 1.91. The smallest absolute Gasteiger partial charge is 0.136 e. The van der Waals surface area contributed by atoms with Crippen LogP contribution in [0.4, 0.5) is 0 Å². The maximum Gasteiger partial charge on any atom is 0.136 e. The fourth-order valence-corrected chi connectivity index (χ4v) is 3.44. The standard InChI is InChI=1S/C15H14Cl2N2S/c1-9-13(17)18-14(10-6-7-10)19-15(9)20-8-11-4-2-3-5-12(11)16/h2-5,10H,6-8H2,1H3. The van der Waals surface area contributed by atoms with E-state index in [2.05, 4.69) is 9.97 Å². The van der Waals surface area contributed by atoms with Crippen LogP contribution in [0.3, 0.4) is 0 Å². The normalized spacial score (nSPS) is 14.6. The summed E-state index contributed by atoms with van der Waals surface area (Å²) in [5.41, 5.74) is 2.06. The number of aromatic nitrogens is 2. The number of halogens is 2. The summed E-state index contributed by atoms with van der Waals surface area (Å²) >= 11 is 14.1. The van der Waals surface area contributed by atoms with Crippen LogP contribution in [0.1, 0.15) is 35.7 Å². The molecule has 1 aromatic heterocycles. The minimum absolute atomic E-state index is 0.507. The van der Waals surface area contributed by atoms with Crippen LogP contribution in [-0.2, 0) is 5.75 Å². The van der Waals surface area contributed by atoms with Gasteiger partial charge in [-0.2, -0.15) is 0 Å². The highest BCUT2D eigenvalue weighted by molar-refractivity contribution is 7.98. The van der Waals surface area contributed by atoms with E-state index < -0.39 is 0 Å². The molecule has 1 heterocycles. The van der Waals surface area contributed by atoms with Gasteiger partial charge in [0.1, 0.15) is 16.0 Å². The summed E-state index contributed by atoms with van der Waals surface area (Å²) in [6.07, 6.45) is 2.35. The van der Waals surface area contributed by atoms with Crippen LogP contribution in [0, 0.1) is 6.92 Å². The number of hydrogen-bond donors (Lipinski definition) is 0. The van der Waals surface area contributed by atoms with Crippen molar-refractivity contribution in [2.75, 3.05) is 0 Å². The van der Waals surface area contributed by atoms with E-state index in [4.69, 9.17) is 23.2 Å². The van der Waals surface area contributed by atoms with Gasteiger partial charge in [-0.05, 0) is 31.4 Å². The van der Waals surface area contributed by atoms with Gasteiger partial charge in [-0.3, -0.25) is 0 Å². The van der Waals surface area contributed by atoms with E-state index in [0.29, 0.717) is 11.1 Å². The zero-order chi connectivity index (χ0) is 14.1. The molecule has 1 aromatic carbocycles. The lowest BCUT2D eigenvalue weighted by atomic mass is 10.2. The van der Waals surface area contributed by atoms with Crippen molar-refractivity contribution in [3.05, 3.63) is 51.4 Å². The molecular weight excluding hydrogens is 311 g/mol. The van der Waals surface area contributed by atoms with E-state index in [0.717, 1.165) is 32.8 Å². The third kappa shape index (κ3) is 3.11. The van der Waals surface area contributed by atoms with Crippen molar-refractivity contribution in [2.24, 2.45) is 0 Å². The topological polar surface area (TPSA) is 25.8 Å². The van der Waals surface area contributed by atoms with Crippen molar-refractivity contribution < 1.29 is 0 Å². The predicted octanol–water partition coefficient (Wildman–Crippen LogP) is 5.26. The third-order valence-corrected chi connectivity index (χ3v) is 5.19. The molecule has 1 aliphatic rings. The first-order chi connectivity index (χ1) is 9.65. The van der Waals surface area contributed by atoms with E-state index in [1.54, 1.807) is 11.8 Å². The quantitative estimate of drug-likeness (QED) is 0.566. The van der Waals surface area contributed by atoms with Gasteiger partial charge in [-0.1, -0.05) is 41.4 Å². The number of nitrogens with zero attached hydrogens (tertiary/aromatic N) is 2. The summed E-state index contributed by atoms with van der Waals surface area (Å²) in [5, 5.41) is 2.33. The van der Waals surface area contributed by atoms with Crippen molar-refractivity contribution in [1.29, 1.82) is 0 Å². The maximum atomic E-state index is 6.21. The highest BCUT2D eigenvalue weighted by atomic mass is 35.5. The molecule has 0 unspecified atom stereocenters. The van der Waals surface area contributed by atoms with Gasteiger partial charge < -0.3 is 0 Å². The minimum Gasteiger partial charge on any atom is -0.226 e. The third-order valence-electron chi connectivity index (χ3n) is 3.32. The van der Waals surface area contributed by atoms with Gasteiger partial charge in [-0.15, -0.1) is 11.8 Å². The number of thioether (sulfide) groups is 1. The van der Waals surface area contributed by atoms with Crippen molar-refractivity contribution in [3.8, 4) is 0 Å². The number of hydrogen-bond acceptors (Lipinski definition) is 3. The summed E-state index contributed by atoms with van der Waals surface area (Å²) in [7, 11) is 0. The molecule has 2 aromatic rings. The van der Waals surface area contributed by atoms with Gasteiger partial charge in [-0.25, -0.2) is 9.97 Å². The zero-order valence-electron chi connectivity index (χ0n) is 11.1. The summed E-state index contributed by atoms with van der Waals surface area (Å²) in [4.78, 5) is 9.05. The molecule has 2 nitrogen and oxygen atoms in total. The molecule has 1 saturated carbocycles. The Morgan fingerprint density at radius 1 is 1.20 bits per heavy atom. The molecular formula is C15H14Cl2N2S. The van der Waals surface area contributed by atoms with Gasteiger partial charge in [0.05, 0.1) is 0 Å². The van der Waals surface area contributed by atoms with Crippen LogP contribution in [0.25, 0.3) is 0 Å². The van der Waals surface area contributed by atoms with Crippen LogP contribution in [0.5, 0.6) is 0 Å². The Morgan fingerprint density at radius 2 is 1.95 bits per heavy atom. The summed E-state index contributed by atoms with van der Waals surface area (Å²) in [5.74, 6) is 2.19. The maximum absolute atomic E-state index is 6.21. The van der Waals surface area contributed by atoms with E-state index in [1.165, 1.54) is 12.8 Å². The van der Waals surface area contributed by atoms with Crippen LogP contribution >= 0.6 is 35.0 Å². The Balaban J connectivity index is 1.81. The average Bonchev–Trinajstić information content (AvgIpc) is 3.26. The first-order valence-corrected chi connectivity index (χ1v) is 8.29. The molecule has 0 spiro atoms. The lowest BCUT2D eigenvalue weighted by Gasteiger charge is -2.09. The largest absolute Gasteiger partial charge is 0.226 e. The monoisotopic (exact) mass is 324 g/mol. The fraction of sp³-hybridized carbons (Fsp3) is 0.333. The SMILES string of the molecule is Cc1c(Cl)nc(C2CC2)nc1SCc1ccccc1Cl. The minimum atomic E-state index is 0.507. The molecule has 0 atom stereocenters. The van der Waals surface area contributed by atoms with Gasteiger partial charge in [0.2, 0.25) is 0 Å². The van der Waals surface area contributed by atoms with Gasteiger partial charge in [0.25, 0.3) is 0 Å². The van der Waals surface area contributed by atoms with Crippen LogP contribution < -0.4 is 0 Å². The van der Waals surface area contributed by atoms with E-state index >= 15 is 0 Å². The second kappa shape index (κ2) is 5.92. The molecule has 1 fully saturated rings. The van der Waals surface area contributed by atoms with Crippen LogP contribution in [0.2, 0.25) is 10.2 Å². The van der Waals surface area contributed by atoms with Crippen molar-refractivity contribution in [2.45, 2.75) is 36.5 Å². The van der Waals surface area contributed by atoms with Gasteiger partial charge >= 0.3 is 0 Å². The Morgan fingerprint density at radius 3 is 2.65 bits per heavy atom. The Kier molecular flexibility index (Phi) is 4.20. The Labute approximate surface area is 132 Å². The van der Waals surface area contributed by atoms with Crippen molar-refractivity contribution >= 4 is 35.0 Å². The van der Waals surface area contributed by atoms with E-state index in [1.807, 2.05) is 31.2 Å².